The van der Waals surface area contributed by atoms with Crippen LogP contribution in [0.25, 0.3) is 0 Å². The van der Waals surface area contributed by atoms with Crippen molar-refractivity contribution in [2.24, 2.45) is 0 Å². The van der Waals surface area contributed by atoms with Crippen molar-refractivity contribution in [2.45, 2.75) is 6.54 Å². The van der Waals surface area contributed by atoms with E-state index in [1.165, 1.54) is 6.07 Å². The van der Waals surface area contributed by atoms with Gasteiger partial charge < -0.3 is 5.32 Å². The molecule has 2 rings (SSSR count). The third kappa shape index (κ3) is 3.41. The third-order valence-electron chi connectivity index (χ3n) is 2.17. The number of pyridine rings is 1. The molecule has 0 aliphatic carbocycles. The zero-order valence-electron chi connectivity index (χ0n) is 8.75. The maximum absolute atomic E-state index is 12.8. The van der Waals surface area contributed by atoms with Gasteiger partial charge in [0.15, 0.2) is 0 Å². The second-order valence-electron chi connectivity index (χ2n) is 3.45. The van der Waals surface area contributed by atoms with E-state index in [1.54, 1.807) is 12.1 Å². The molecule has 0 bridgehead atoms. The summed E-state index contributed by atoms with van der Waals surface area (Å²) in [6.07, 6.45) is 0. The molecule has 0 fully saturated rings. The molecule has 2 nitrogen and oxygen atoms in total. The average molecular weight is 316 g/mol. The van der Waals surface area contributed by atoms with E-state index >= 15 is 0 Å². The molecular formula is C12H9BrClFN2. The predicted octanol–water partition coefficient (Wildman–Crippen LogP) is 4.25. The highest BCUT2D eigenvalue weighted by Crippen LogP contribution is 2.23. The van der Waals surface area contributed by atoms with E-state index < -0.39 is 5.95 Å². The zero-order chi connectivity index (χ0) is 12.3. The van der Waals surface area contributed by atoms with Gasteiger partial charge in [0.1, 0.15) is 5.82 Å². The highest BCUT2D eigenvalue weighted by atomic mass is 79.9. The fourth-order valence-electron chi connectivity index (χ4n) is 1.35. The molecule has 0 spiro atoms. The van der Waals surface area contributed by atoms with E-state index in [0.29, 0.717) is 17.4 Å². The number of hydrogen-bond acceptors (Lipinski definition) is 2. The largest absolute Gasteiger partial charge is 0.366 e. The zero-order valence-corrected chi connectivity index (χ0v) is 11.1. The van der Waals surface area contributed by atoms with Gasteiger partial charge in [-0.1, -0.05) is 23.7 Å². The maximum Gasteiger partial charge on any atom is 0.214 e. The van der Waals surface area contributed by atoms with Gasteiger partial charge in [0.2, 0.25) is 5.95 Å². The third-order valence-corrected chi connectivity index (χ3v) is 3.39. The van der Waals surface area contributed by atoms with Crippen LogP contribution in [-0.2, 0) is 6.54 Å². The summed E-state index contributed by atoms with van der Waals surface area (Å²) in [6.45, 7) is 0.562. The minimum Gasteiger partial charge on any atom is -0.366 e. The highest BCUT2D eigenvalue weighted by molar-refractivity contribution is 9.10. The van der Waals surface area contributed by atoms with Crippen molar-refractivity contribution in [3.63, 3.8) is 0 Å². The van der Waals surface area contributed by atoms with Crippen LogP contribution in [0.5, 0.6) is 0 Å². The molecule has 0 radical (unpaired) electrons. The highest BCUT2D eigenvalue weighted by Gasteiger charge is 2.00. The fraction of sp³-hybridized carbons (Fsp3) is 0.0833. The van der Waals surface area contributed by atoms with Crippen molar-refractivity contribution >= 4 is 33.3 Å². The van der Waals surface area contributed by atoms with Crippen LogP contribution >= 0.6 is 27.5 Å². The average Bonchev–Trinajstić information content (AvgIpc) is 2.31. The van der Waals surface area contributed by atoms with E-state index in [2.05, 4.69) is 26.2 Å². The van der Waals surface area contributed by atoms with Crippen molar-refractivity contribution in [3.8, 4) is 0 Å². The number of nitrogens with one attached hydrogen (secondary N) is 1. The second kappa shape index (κ2) is 5.47. The Morgan fingerprint density at radius 2 is 2.12 bits per heavy atom. The van der Waals surface area contributed by atoms with E-state index in [4.69, 9.17) is 11.6 Å². The summed E-state index contributed by atoms with van der Waals surface area (Å²) in [5, 5.41) is 3.70. The Morgan fingerprint density at radius 1 is 1.29 bits per heavy atom. The maximum atomic E-state index is 12.8. The first-order chi connectivity index (χ1) is 8.15. The van der Waals surface area contributed by atoms with Gasteiger partial charge in [-0.2, -0.15) is 4.39 Å². The quantitative estimate of drug-likeness (QED) is 0.857. The molecule has 0 unspecified atom stereocenters. The molecule has 0 aliphatic rings. The smallest absolute Gasteiger partial charge is 0.214 e. The lowest BCUT2D eigenvalue weighted by Gasteiger charge is -2.06. The molecule has 5 heteroatoms. The monoisotopic (exact) mass is 314 g/mol. The lowest BCUT2D eigenvalue weighted by Crippen LogP contribution is -2.01. The van der Waals surface area contributed by atoms with Crippen LogP contribution in [0.1, 0.15) is 5.56 Å². The molecule has 0 aliphatic heterocycles. The second-order valence-corrected chi connectivity index (χ2v) is 4.71. The van der Waals surface area contributed by atoms with E-state index in [0.717, 1.165) is 10.0 Å². The van der Waals surface area contributed by atoms with Gasteiger partial charge in [0, 0.05) is 11.0 Å². The van der Waals surface area contributed by atoms with Gasteiger partial charge in [0.25, 0.3) is 0 Å². The van der Waals surface area contributed by atoms with Crippen molar-refractivity contribution in [1.82, 2.24) is 4.98 Å². The number of rotatable bonds is 3. The molecule has 2 aromatic rings. The Hall–Kier alpha value is -1.13. The van der Waals surface area contributed by atoms with Gasteiger partial charge in [-0.25, -0.2) is 4.98 Å². The number of aromatic nitrogens is 1. The summed E-state index contributed by atoms with van der Waals surface area (Å²) in [6, 6.07) is 10.3. The van der Waals surface area contributed by atoms with E-state index in [1.807, 2.05) is 18.2 Å². The first kappa shape index (κ1) is 12.3. The Morgan fingerprint density at radius 3 is 2.82 bits per heavy atom. The van der Waals surface area contributed by atoms with Gasteiger partial charge in [-0.3, -0.25) is 0 Å². The molecule has 17 heavy (non-hydrogen) atoms. The minimum atomic E-state index is -0.493. The lowest BCUT2D eigenvalue weighted by atomic mass is 10.2. The summed E-state index contributed by atoms with van der Waals surface area (Å²) in [7, 11) is 0. The van der Waals surface area contributed by atoms with Gasteiger partial charge in [-0.05, 0) is 45.8 Å². The summed E-state index contributed by atoms with van der Waals surface area (Å²) in [5.41, 5.74) is 1.03. The molecule has 1 aromatic carbocycles. The predicted molar refractivity (Wildman–Crippen MR) is 70.7 cm³/mol. The topological polar surface area (TPSA) is 24.9 Å². The molecule has 0 atom stereocenters. The summed E-state index contributed by atoms with van der Waals surface area (Å²) in [4.78, 5) is 3.71. The SMILES string of the molecule is Fc1cccc(NCc2ccc(Cl)c(Br)c2)n1. The fourth-order valence-corrected chi connectivity index (χ4v) is 1.89. The number of hydrogen-bond donors (Lipinski definition) is 1. The Balaban J connectivity index is 2.05. The lowest BCUT2D eigenvalue weighted by molar-refractivity contribution is 0.585. The number of halogens is 3. The standard InChI is InChI=1S/C12H9BrClFN2/c13-9-6-8(4-5-10(9)14)7-16-12-3-1-2-11(15)17-12/h1-6H,7H2,(H,16,17). The Kier molecular flexibility index (Phi) is 3.97. The number of anilines is 1. The van der Waals surface area contributed by atoms with E-state index in [-0.39, 0.29) is 0 Å². The summed E-state index contributed by atoms with van der Waals surface area (Å²) < 4.78 is 13.7. The number of benzene rings is 1. The first-order valence-corrected chi connectivity index (χ1v) is 6.12. The Labute approximate surface area is 112 Å². The van der Waals surface area contributed by atoms with Crippen molar-refractivity contribution in [2.75, 3.05) is 5.32 Å². The molecule has 1 heterocycles. The van der Waals surface area contributed by atoms with Gasteiger partial charge >= 0.3 is 0 Å². The molecule has 88 valence electrons. The van der Waals surface area contributed by atoms with Crippen LogP contribution in [0.3, 0.4) is 0 Å². The van der Waals surface area contributed by atoms with Crippen LogP contribution in [0, 0.1) is 5.95 Å². The normalized spacial score (nSPS) is 10.3. The summed E-state index contributed by atoms with van der Waals surface area (Å²) in [5.74, 6) is 0.0170. The number of nitrogens with zero attached hydrogens (tertiary/aromatic N) is 1. The van der Waals surface area contributed by atoms with Crippen LogP contribution < -0.4 is 5.32 Å². The first-order valence-electron chi connectivity index (χ1n) is 4.95. The summed E-state index contributed by atoms with van der Waals surface area (Å²) >= 11 is 9.24. The van der Waals surface area contributed by atoms with Crippen molar-refractivity contribution in [1.29, 1.82) is 0 Å². The molecule has 1 N–H and O–H groups in total. The molecule has 0 saturated heterocycles. The van der Waals surface area contributed by atoms with Gasteiger partial charge in [-0.15, -0.1) is 0 Å². The molecule has 1 aromatic heterocycles. The van der Waals surface area contributed by atoms with E-state index in [9.17, 15) is 4.39 Å². The van der Waals surface area contributed by atoms with Crippen molar-refractivity contribution < 1.29 is 4.39 Å². The van der Waals surface area contributed by atoms with Gasteiger partial charge in [0.05, 0.1) is 5.02 Å². The van der Waals surface area contributed by atoms with Crippen molar-refractivity contribution in [3.05, 3.63) is 57.4 Å². The molecular weight excluding hydrogens is 307 g/mol. The van der Waals surface area contributed by atoms with Crippen LogP contribution in [-0.4, -0.2) is 4.98 Å². The Bertz CT molecular complexity index is 534. The van der Waals surface area contributed by atoms with Crippen LogP contribution in [0.4, 0.5) is 10.2 Å². The molecule has 0 amide bonds. The molecule has 0 saturated carbocycles. The minimum absolute atomic E-state index is 0.493. The van der Waals surface area contributed by atoms with Crippen LogP contribution in [0.2, 0.25) is 5.02 Å². The van der Waals surface area contributed by atoms with Crippen LogP contribution in [0.15, 0.2) is 40.9 Å².